The Morgan fingerprint density at radius 3 is 2.34 bits per heavy atom. The van der Waals surface area contributed by atoms with Gasteiger partial charge in [0.25, 0.3) is 0 Å². The van der Waals surface area contributed by atoms with Gasteiger partial charge in [-0.1, -0.05) is 25.8 Å². The van der Waals surface area contributed by atoms with Gasteiger partial charge in [0.1, 0.15) is 11.6 Å². The lowest BCUT2D eigenvalue weighted by atomic mass is 9.74. The van der Waals surface area contributed by atoms with Gasteiger partial charge in [-0.25, -0.2) is 4.39 Å². The summed E-state index contributed by atoms with van der Waals surface area (Å²) in [6, 6.07) is 7.15. The maximum atomic E-state index is 14.9. The number of methoxy groups -OCH3 is 1. The number of hydrogen-bond donors (Lipinski definition) is 0. The molecular weight excluding hydrogens is 370 g/mol. The molecule has 2 aromatic carbocycles. The van der Waals surface area contributed by atoms with Crippen molar-refractivity contribution >= 4 is 23.4 Å². The summed E-state index contributed by atoms with van der Waals surface area (Å²) in [5.41, 5.74) is 0.559. The number of fused-ring (bicyclic) bond motifs is 1. The molecule has 0 atom stereocenters. The van der Waals surface area contributed by atoms with Gasteiger partial charge in [0.05, 0.1) is 11.2 Å². The zero-order valence-electron chi connectivity index (χ0n) is 18.4. The number of benzene rings is 2. The van der Waals surface area contributed by atoms with Crippen molar-refractivity contribution in [3.05, 3.63) is 35.6 Å². The minimum absolute atomic E-state index is 0.138. The summed E-state index contributed by atoms with van der Waals surface area (Å²) < 4.78 is 38.3. The summed E-state index contributed by atoms with van der Waals surface area (Å²) in [5.74, 6) is 0.465. The molecule has 0 N–H and O–H groups in total. The largest absolute Gasteiger partial charge is 0.495 e. The molecule has 0 spiro atoms. The van der Waals surface area contributed by atoms with Crippen LogP contribution in [0.4, 0.5) is 4.39 Å². The fraction of sp³-hybridized carbons (Fsp3) is 0.565. The Morgan fingerprint density at radius 2 is 1.72 bits per heavy atom. The molecule has 4 nitrogen and oxygen atoms in total. The summed E-state index contributed by atoms with van der Waals surface area (Å²) >= 11 is 0. The van der Waals surface area contributed by atoms with E-state index in [4.69, 9.17) is 18.8 Å². The first-order valence-corrected chi connectivity index (χ1v) is 10.4. The molecule has 0 aromatic heterocycles. The van der Waals surface area contributed by atoms with E-state index < -0.39 is 18.3 Å². The van der Waals surface area contributed by atoms with E-state index in [9.17, 15) is 4.39 Å². The second-order valence-electron chi connectivity index (χ2n) is 8.73. The van der Waals surface area contributed by atoms with E-state index in [-0.39, 0.29) is 12.6 Å². The topological polar surface area (TPSA) is 36.9 Å². The first kappa shape index (κ1) is 22.1. The molecule has 0 radical (unpaired) electrons. The number of hydrogen-bond acceptors (Lipinski definition) is 4. The quantitative estimate of drug-likeness (QED) is 0.354. The third-order valence-electron chi connectivity index (χ3n) is 6.05. The highest BCUT2D eigenvalue weighted by Crippen LogP contribution is 2.38. The molecular formula is C23H32BFO4. The molecule has 0 aliphatic carbocycles. The van der Waals surface area contributed by atoms with Gasteiger partial charge in [0.2, 0.25) is 0 Å². The van der Waals surface area contributed by atoms with Crippen molar-refractivity contribution in [2.24, 2.45) is 0 Å². The Morgan fingerprint density at radius 1 is 1.03 bits per heavy atom. The van der Waals surface area contributed by atoms with Gasteiger partial charge in [-0.2, -0.15) is 0 Å². The molecule has 6 heteroatoms. The van der Waals surface area contributed by atoms with Crippen LogP contribution in [0.5, 0.6) is 5.75 Å². The van der Waals surface area contributed by atoms with Crippen LogP contribution in [0, 0.1) is 5.82 Å². The Bertz CT molecular complexity index is 850. The second kappa shape index (κ2) is 8.62. The first-order chi connectivity index (χ1) is 13.7. The van der Waals surface area contributed by atoms with Crippen LogP contribution < -0.4 is 10.2 Å². The molecule has 3 rings (SSSR count). The van der Waals surface area contributed by atoms with Crippen molar-refractivity contribution in [3.63, 3.8) is 0 Å². The van der Waals surface area contributed by atoms with Crippen molar-refractivity contribution in [1.29, 1.82) is 0 Å². The standard InChI is InChI=1S/C23H32BFO4/c1-7-8-9-10-18-20(25)12-11-16-13-17(27-15-26-6)14-19(21(16)18)24-28-22(2,3)23(4,5)29-24/h11-14H,7-10,15H2,1-6H3. The zero-order valence-corrected chi connectivity index (χ0v) is 18.4. The molecule has 0 unspecified atom stereocenters. The Labute approximate surface area is 173 Å². The normalized spacial score (nSPS) is 17.8. The number of unbranched alkanes of at least 4 members (excludes halogenated alkanes) is 2. The maximum absolute atomic E-state index is 14.9. The van der Waals surface area contributed by atoms with Gasteiger partial charge in [0.15, 0.2) is 6.79 Å². The van der Waals surface area contributed by atoms with Gasteiger partial charge in [-0.3, -0.25) is 0 Å². The molecule has 158 valence electrons. The monoisotopic (exact) mass is 402 g/mol. The lowest BCUT2D eigenvalue weighted by molar-refractivity contribution is 0.00578. The van der Waals surface area contributed by atoms with Crippen LogP contribution in [-0.2, 0) is 20.5 Å². The van der Waals surface area contributed by atoms with E-state index in [2.05, 4.69) is 6.92 Å². The fourth-order valence-electron chi connectivity index (χ4n) is 3.68. The number of aryl methyl sites for hydroxylation is 1. The predicted octanol–water partition coefficient (Wildman–Crippen LogP) is 4.99. The van der Waals surface area contributed by atoms with Crippen molar-refractivity contribution in [1.82, 2.24) is 0 Å². The fourth-order valence-corrected chi connectivity index (χ4v) is 3.68. The molecule has 0 amide bonds. The molecule has 1 heterocycles. The first-order valence-electron chi connectivity index (χ1n) is 10.4. The van der Waals surface area contributed by atoms with Crippen LogP contribution in [0.3, 0.4) is 0 Å². The number of ether oxygens (including phenoxy) is 2. The van der Waals surface area contributed by atoms with E-state index in [1.165, 1.54) is 6.07 Å². The highest BCUT2D eigenvalue weighted by Gasteiger charge is 2.52. The van der Waals surface area contributed by atoms with E-state index in [1.54, 1.807) is 13.2 Å². The van der Waals surface area contributed by atoms with Crippen LogP contribution >= 0.6 is 0 Å². The van der Waals surface area contributed by atoms with Gasteiger partial charge < -0.3 is 18.8 Å². The summed E-state index contributed by atoms with van der Waals surface area (Å²) in [6.07, 6.45) is 3.78. The van der Waals surface area contributed by atoms with Crippen LogP contribution in [0.15, 0.2) is 24.3 Å². The van der Waals surface area contributed by atoms with E-state index in [0.29, 0.717) is 12.2 Å². The van der Waals surface area contributed by atoms with Gasteiger partial charge in [0, 0.05) is 7.11 Å². The summed E-state index contributed by atoms with van der Waals surface area (Å²) in [4.78, 5) is 0. The zero-order chi connectivity index (χ0) is 21.2. The molecule has 0 saturated carbocycles. The highest BCUT2D eigenvalue weighted by molar-refractivity contribution is 6.65. The molecule has 29 heavy (non-hydrogen) atoms. The SMILES string of the molecule is CCCCCc1c(F)ccc2cc(OCOC)cc(B3OC(C)(C)C(C)(C)O3)c12. The Balaban J connectivity index is 2.14. The minimum atomic E-state index is -0.597. The second-order valence-corrected chi connectivity index (χ2v) is 8.73. The Hall–Kier alpha value is -1.63. The highest BCUT2D eigenvalue weighted by atomic mass is 19.1. The third-order valence-corrected chi connectivity index (χ3v) is 6.05. The van der Waals surface area contributed by atoms with Crippen LogP contribution in [0.1, 0.15) is 59.4 Å². The average molecular weight is 402 g/mol. The Kier molecular flexibility index (Phi) is 6.56. The van der Waals surface area contributed by atoms with Gasteiger partial charge in [-0.15, -0.1) is 0 Å². The van der Waals surface area contributed by atoms with Crippen molar-refractivity contribution < 1.29 is 23.2 Å². The molecule has 1 fully saturated rings. The molecule has 1 saturated heterocycles. The smallest absolute Gasteiger partial charge is 0.468 e. The number of halogens is 1. The molecule has 0 bridgehead atoms. The lowest BCUT2D eigenvalue weighted by Crippen LogP contribution is -2.41. The third kappa shape index (κ3) is 4.45. The summed E-state index contributed by atoms with van der Waals surface area (Å²) in [7, 11) is 0.984. The van der Waals surface area contributed by atoms with Gasteiger partial charge >= 0.3 is 7.12 Å². The van der Waals surface area contributed by atoms with Crippen molar-refractivity contribution in [2.75, 3.05) is 13.9 Å². The lowest BCUT2D eigenvalue weighted by Gasteiger charge is -2.32. The predicted molar refractivity (Wildman–Crippen MR) is 115 cm³/mol. The van der Waals surface area contributed by atoms with E-state index >= 15 is 0 Å². The molecule has 2 aromatic rings. The number of rotatable bonds is 8. The van der Waals surface area contributed by atoms with Crippen molar-refractivity contribution in [3.8, 4) is 5.75 Å². The maximum Gasteiger partial charge on any atom is 0.495 e. The van der Waals surface area contributed by atoms with Gasteiger partial charge in [-0.05, 0) is 80.5 Å². The summed E-state index contributed by atoms with van der Waals surface area (Å²) in [5, 5.41) is 1.78. The summed E-state index contributed by atoms with van der Waals surface area (Å²) in [6.45, 7) is 10.4. The molecule has 1 aliphatic heterocycles. The van der Waals surface area contributed by atoms with Crippen LogP contribution in [0.25, 0.3) is 10.8 Å². The minimum Gasteiger partial charge on any atom is -0.468 e. The van der Waals surface area contributed by atoms with Crippen LogP contribution in [-0.4, -0.2) is 32.2 Å². The van der Waals surface area contributed by atoms with Crippen LogP contribution in [0.2, 0.25) is 0 Å². The average Bonchev–Trinajstić information content (AvgIpc) is 2.88. The van der Waals surface area contributed by atoms with E-state index in [0.717, 1.165) is 41.1 Å². The molecule has 1 aliphatic rings. The van der Waals surface area contributed by atoms with E-state index in [1.807, 2.05) is 39.8 Å². The van der Waals surface area contributed by atoms with Crippen molar-refractivity contribution in [2.45, 2.75) is 71.5 Å².